The van der Waals surface area contributed by atoms with Gasteiger partial charge in [-0.05, 0) is 68.4 Å². The van der Waals surface area contributed by atoms with Gasteiger partial charge in [0.25, 0.3) is 0 Å². The van der Waals surface area contributed by atoms with Crippen LogP contribution in [0.15, 0.2) is 53.8 Å². The summed E-state index contributed by atoms with van der Waals surface area (Å²) in [7, 11) is 3.55. The minimum absolute atomic E-state index is 0.0497. The molecule has 0 aliphatic heterocycles. The first-order valence-electron chi connectivity index (χ1n) is 13.1. The second-order valence-electron chi connectivity index (χ2n) is 11.2. The van der Waals surface area contributed by atoms with E-state index in [2.05, 4.69) is 22.4 Å². The van der Waals surface area contributed by atoms with Gasteiger partial charge in [-0.25, -0.2) is 4.79 Å². The van der Waals surface area contributed by atoms with Crippen LogP contribution in [-0.2, 0) is 29.9 Å². The van der Waals surface area contributed by atoms with Crippen molar-refractivity contribution in [2.45, 2.75) is 68.8 Å². The van der Waals surface area contributed by atoms with Crippen LogP contribution in [-0.4, -0.2) is 42.5 Å². The van der Waals surface area contributed by atoms with Crippen molar-refractivity contribution in [3.05, 3.63) is 82.1 Å². The lowest BCUT2D eigenvalue weighted by Gasteiger charge is -2.46. The van der Waals surface area contributed by atoms with Gasteiger partial charge in [0, 0.05) is 38.6 Å². The monoisotopic (exact) mass is 540 g/mol. The minimum Gasteiger partial charge on any atom is -0.381 e. The van der Waals surface area contributed by atoms with E-state index in [0.717, 1.165) is 41.1 Å². The molecule has 3 heterocycles. The summed E-state index contributed by atoms with van der Waals surface area (Å²) >= 11 is 0. The maximum Gasteiger partial charge on any atom is 0.418 e. The quantitative estimate of drug-likeness (QED) is 0.377. The molecule has 2 saturated carbocycles. The number of alkyl halides is 3. The smallest absolute Gasteiger partial charge is 0.381 e. The average Bonchev–Trinajstić information content (AvgIpc) is 3.44. The number of methoxy groups -OCH3 is 1. The molecule has 0 bridgehead atoms. The number of rotatable bonds is 7. The molecule has 0 saturated heterocycles. The maximum atomic E-state index is 14.2. The highest BCUT2D eigenvalue weighted by molar-refractivity contribution is 5.58. The van der Waals surface area contributed by atoms with E-state index in [-0.39, 0.29) is 23.7 Å². The molecule has 0 radical (unpaired) electrons. The third-order valence-corrected chi connectivity index (χ3v) is 8.61. The Labute approximate surface area is 223 Å². The van der Waals surface area contributed by atoms with Crippen LogP contribution in [0.4, 0.5) is 13.2 Å². The van der Waals surface area contributed by atoms with Gasteiger partial charge in [-0.15, -0.1) is 10.2 Å². The van der Waals surface area contributed by atoms with Gasteiger partial charge in [0.05, 0.1) is 28.3 Å². The SMILES string of the molecule is CO[C@H]1C[C@](c2cccc(-n3cc4c(C(F)(F)F)cc(CNC5(C)CCC5)cn4c3=O)c2)(c2nncn2C)C1. The fraction of sp³-hybridized carbons (Fsp3) is 0.464. The van der Waals surface area contributed by atoms with Gasteiger partial charge in [-0.3, -0.25) is 8.97 Å². The highest BCUT2D eigenvalue weighted by Gasteiger charge is 2.50. The van der Waals surface area contributed by atoms with Crippen molar-refractivity contribution in [3.63, 3.8) is 0 Å². The van der Waals surface area contributed by atoms with E-state index < -0.39 is 22.8 Å². The first-order chi connectivity index (χ1) is 18.5. The average molecular weight is 541 g/mol. The molecule has 2 aliphatic carbocycles. The standard InChI is InChI=1S/C28H31F3N6O2/c1-26(8-5-9-26)32-14-18-10-22(28(29,30)31)23-16-36(25(38)37(23)15-18)20-7-4-6-19(11-20)27(12-21(13-27)39-3)24-34-33-17-35(24)2/h4,6-7,10-11,15-17,21,32H,5,8-9,12-14H2,1-3H3/t21-,27-. The predicted octanol–water partition coefficient (Wildman–Crippen LogP) is 4.36. The van der Waals surface area contributed by atoms with Gasteiger partial charge in [0.15, 0.2) is 0 Å². The predicted molar refractivity (Wildman–Crippen MR) is 139 cm³/mol. The number of ether oxygens (including phenoxy) is 1. The Kier molecular flexibility index (Phi) is 5.99. The maximum absolute atomic E-state index is 14.2. The molecular formula is C28H31F3N6O2. The number of hydrogen-bond donors (Lipinski definition) is 1. The fourth-order valence-corrected chi connectivity index (χ4v) is 6.05. The second kappa shape index (κ2) is 9.06. The van der Waals surface area contributed by atoms with E-state index in [4.69, 9.17) is 4.74 Å². The summed E-state index contributed by atoms with van der Waals surface area (Å²) in [5, 5.41) is 11.8. The summed E-state index contributed by atoms with van der Waals surface area (Å²) in [6.45, 7) is 2.32. The Morgan fingerprint density at radius 3 is 2.56 bits per heavy atom. The Bertz CT molecular complexity index is 1590. The molecule has 0 atom stereocenters. The normalized spacial score (nSPS) is 22.6. The van der Waals surface area contributed by atoms with Gasteiger partial charge in [-0.1, -0.05) is 12.1 Å². The molecule has 8 nitrogen and oxygen atoms in total. The van der Waals surface area contributed by atoms with Crippen LogP contribution in [0.1, 0.15) is 61.5 Å². The number of halogens is 3. The van der Waals surface area contributed by atoms with Crippen LogP contribution in [0.2, 0.25) is 0 Å². The molecule has 1 aromatic carbocycles. The molecule has 6 rings (SSSR count). The van der Waals surface area contributed by atoms with Crippen molar-refractivity contribution < 1.29 is 17.9 Å². The number of fused-ring (bicyclic) bond motifs is 1. The number of aromatic nitrogens is 5. The van der Waals surface area contributed by atoms with Crippen LogP contribution in [0.3, 0.4) is 0 Å². The lowest BCUT2D eigenvalue weighted by atomic mass is 9.62. The largest absolute Gasteiger partial charge is 0.418 e. The molecule has 2 aliphatic rings. The van der Waals surface area contributed by atoms with E-state index >= 15 is 0 Å². The van der Waals surface area contributed by atoms with E-state index in [1.165, 1.54) is 17.0 Å². The number of pyridine rings is 1. The second-order valence-corrected chi connectivity index (χ2v) is 11.2. The number of hydrogen-bond acceptors (Lipinski definition) is 5. The molecule has 3 aromatic heterocycles. The topological polar surface area (TPSA) is 78.4 Å². The molecule has 0 amide bonds. The zero-order valence-electron chi connectivity index (χ0n) is 22.1. The lowest BCUT2D eigenvalue weighted by Crippen LogP contribution is -2.48. The van der Waals surface area contributed by atoms with Crippen molar-refractivity contribution in [1.29, 1.82) is 0 Å². The summed E-state index contributed by atoms with van der Waals surface area (Å²) in [6.07, 6.45) is 4.29. The van der Waals surface area contributed by atoms with Gasteiger partial charge in [0.1, 0.15) is 12.2 Å². The third kappa shape index (κ3) is 4.28. The Balaban J connectivity index is 1.43. The zero-order chi connectivity index (χ0) is 27.6. The number of aryl methyl sites for hydroxylation is 1. The number of imidazole rings is 1. The van der Waals surface area contributed by atoms with Crippen molar-refractivity contribution in [2.24, 2.45) is 7.05 Å². The zero-order valence-corrected chi connectivity index (χ0v) is 22.1. The molecule has 0 spiro atoms. The van der Waals surface area contributed by atoms with Crippen molar-refractivity contribution in [3.8, 4) is 5.69 Å². The van der Waals surface area contributed by atoms with E-state index in [0.29, 0.717) is 24.1 Å². The summed E-state index contributed by atoms with van der Waals surface area (Å²) < 4.78 is 52.3. The van der Waals surface area contributed by atoms with Gasteiger partial charge in [-0.2, -0.15) is 13.2 Å². The van der Waals surface area contributed by atoms with Crippen LogP contribution >= 0.6 is 0 Å². The number of benzene rings is 1. The van der Waals surface area contributed by atoms with E-state index in [1.54, 1.807) is 19.5 Å². The van der Waals surface area contributed by atoms with Crippen LogP contribution in [0, 0.1) is 0 Å². The number of nitrogens with zero attached hydrogens (tertiary/aromatic N) is 5. The first-order valence-corrected chi connectivity index (χ1v) is 13.1. The summed E-state index contributed by atoms with van der Waals surface area (Å²) in [6, 6.07) is 8.50. The molecule has 39 heavy (non-hydrogen) atoms. The molecule has 0 unspecified atom stereocenters. The Morgan fingerprint density at radius 1 is 1.18 bits per heavy atom. The van der Waals surface area contributed by atoms with E-state index in [1.807, 2.05) is 29.8 Å². The Morgan fingerprint density at radius 2 is 1.95 bits per heavy atom. The van der Waals surface area contributed by atoms with Crippen LogP contribution < -0.4 is 11.0 Å². The van der Waals surface area contributed by atoms with Crippen molar-refractivity contribution in [1.82, 2.24) is 29.0 Å². The van der Waals surface area contributed by atoms with Crippen LogP contribution in [0.5, 0.6) is 0 Å². The lowest BCUT2D eigenvalue weighted by molar-refractivity contribution is -0.136. The molecular weight excluding hydrogens is 509 g/mol. The van der Waals surface area contributed by atoms with E-state index in [9.17, 15) is 18.0 Å². The molecule has 206 valence electrons. The van der Waals surface area contributed by atoms with Gasteiger partial charge in [0.2, 0.25) is 0 Å². The van der Waals surface area contributed by atoms with Crippen molar-refractivity contribution in [2.75, 3.05) is 7.11 Å². The molecule has 11 heteroatoms. The molecule has 2 fully saturated rings. The van der Waals surface area contributed by atoms with Gasteiger partial charge < -0.3 is 14.6 Å². The highest BCUT2D eigenvalue weighted by Crippen LogP contribution is 2.49. The number of nitrogens with one attached hydrogen (secondary N) is 1. The minimum atomic E-state index is -4.61. The fourth-order valence-electron chi connectivity index (χ4n) is 6.05. The van der Waals surface area contributed by atoms with Crippen LogP contribution in [0.25, 0.3) is 11.2 Å². The van der Waals surface area contributed by atoms with Crippen molar-refractivity contribution >= 4 is 5.52 Å². The third-order valence-electron chi connectivity index (χ3n) is 8.61. The Hall–Kier alpha value is -3.44. The highest BCUT2D eigenvalue weighted by atomic mass is 19.4. The first kappa shape index (κ1) is 25.8. The summed E-state index contributed by atoms with van der Waals surface area (Å²) in [5.74, 6) is 0.777. The molecule has 4 aromatic rings. The summed E-state index contributed by atoms with van der Waals surface area (Å²) in [4.78, 5) is 13.5. The summed E-state index contributed by atoms with van der Waals surface area (Å²) in [5.41, 5.74) is -0.309. The molecule has 1 N–H and O–H groups in total. The van der Waals surface area contributed by atoms with Gasteiger partial charge >= 0.3 is 11.9 Å².